The molecule has 4 heteroatoms. The fourth-order valence-electron chi connectivity index (χ4n) is 1.11. The summed E-state index contributed by atoms with van der Waals surface area (Å²) in [5.74, 6) is 0. The first-order chi connectivity index (χ1) is 7.28. The summed E-state index contributed by atoms with van der Waals surface area (Å²) in [6, 6.07) is 0. The highest BCUT2D eigenvalue weighted by Crippen LogP contribution is 2.06. The van der Waals surface area contributed by atoms with Crippen LogP contribution in [-0.4, -0.2) is 46.4 Å². The van der Waals surface area contributed by atoms with Crippen LogP contribution in [0.5, 0.6) is 0 Å². The van der Waals surface area contributed by atoms with Crippen LogP contribution in [0.4, 0.5) is 0 Å². The maximum Gasteiger partial charge on any atom is 0.0935 e. The number of rotatable bonds is 5. The molecular formula is C11H22N2O2. The van der Waals surface area contributed by atoms with E-state index in [1.165, 1.54) is 12.8 Å². The van der Waals surface area contributed by atoms with Gasteiger partial charge in [-0.2, -0.15) is 0 Å². The third kappa shape index (κ3) is 6.99. The number of hydrogen-bond donors (Lipinski definition) is 2. The monoisotopic (exact) mass is 214 g/mol. The number of aliphatic hydroxyl groups excluding tert-OH is 2. The van der Waals surface area contributed by atoms with Gasteiger partial charge in [0.25, 0.3) is 0 Å². The Labute approximate surface area is 92.1 Å². The van der Waals surface area contributed by atoms with Crippen molar-refractivity contribution in [1.29, 1.82) is 0 Å². The van der Waals surface area contributed by atoms with E-state index in [1.54, 1.807) is 0 Å². The second kappa shape index (κ2) is 9.55. The van der Waals surface area contributed by atoms with Crippen LogP contribution in [0, 0.1) is 0 Å². The molecule has 0 saturated heterocycles. The van der Waals surface area contributed by atoms with Crippen LogP contribution in [0.1, 0.15) is 19.8 Å². The third-order valence-corrected chi connectivity index (χ3v) is 1.95. The molecule has 4 nitrogen and oxygen atoms in total. The second-order valence-electron chi connectivity index (χ2n) is 3.25. The van der Waals surface area contributed by atoms with Crippen molar-refractivity contribution < 1.29 is 10.2 Å². The molecule has 1 aliphatic heterocycles. The molecule has 0 saturated carbocycles. The van der Waals surface area contributed by atoms with Crippen LogP contribution in [0.2, 0.25) is 0 Å². The zero-order chi connectivity index (χ0) is 11.5. The topological polar surface area (TPSA) is 46.9 Å². The van der Waals surface area contributed by atoms with Crippen molar-refractivity contribution in [2.75, 3.05) is 26.4 Å². The molecule has 1 rings (SSSR count). The van der Waals surface area contributed by atoms with Crippen molar-refractivity contribution >= 4 is 0 Å². The number of unbranched alkanes of at least 4 members (excludes halogenated alkanes) is 1. The molecule has 0 radical (unpaired) electrons. The Bertz CT molecular complexity index is 181. The maximum atomic E-state index is 7.62. The van der Waals surface area contributed by atoms with E-state index in [-0.39, 0.29) is 13.2 Å². The van der Waals surface area contributed by atoms with Crippen LogP contribution >= 0.6 is 0 Å². The molecule has 0 aromatic heterocycles. The predicted octanol–water partition coefficient (Wildman–Crippen LogP) is 0.947. The molecule has 0 atom stereocenters. The molecule has 88 valence electrons. The molecule has 0 spiro atoms. The Morgan fingerprint density at radius 1 is 1.33 bits per heavy atom. The Balaban J connectivity index is 0.000000423. The zero-order valence-electron chi connectivity index (χ0n) is 9.47. The minimum Gasteiger partial charge on any atom is -0.394 e. The molecule has 0 unspecified atom stereocenters. The van der Waals surface area contributed by atoms with E-state index in [0.29, 0.717) is 0 Å². The summed E-state index contributed by atoms with van der Waals surface area (Å²) in [5.41, 5.74) is 0. The average Bonchev–Trinajstić information content (AvgIpc) is 2.74. The highest BCUT2D eigenvalue weighted by atomic mass is 16.3. The average molecular weight is 214 g/mol. The highest BCUT2D eigenvalue weighted by molar-refractivity contribution is 4.94. The molecule has 1 heterocycles. The van der Waals surface area contributed by atoms with Crippen molar-refractivity contribution in [2.24, 2.45) is 0 Å². The lowest BCUT2D eigenvalue weighted by Crippen LogP contribution is -2.22. The first-order valence-electron chi connectivity index (χ1n) is 5.30. The van der Waals surface area contributed by atoms with Crippen molar-refractivity contribution in [3.8, 4) is 0 Å². The smallest absolute Gasteiger partial charge is 0.0935 e. The van der Waals surface area contributed by atoms with E-state index >= 15 is 0 Å². The Kier molecular flexibility index (Phi) is 8.91. The van der Waals surface area contributed by atoms with Gasteiger partial charge >= 0.3 is 0 Å². The highest BCUT2D eigenvalue weighted by Gasteiger charge is 2.07. The number of hydrogen-bond acceptors (Lipinski definition) is 4. The molecule has 0 aliphatic carbocycles. The quantitative estimate of drug-likeness (QED) is 0.715. The van der Waals surface area contributed by atoms with E-state index in [1.807, 2.05) is 6.20 Å². The van der Waals surface area contributed by atoms with Crippen LogP contribution in [0.15, 0.2) is 25.2 Å². The van der Waals surface area contributed by atoms with Crippen LogP contribution < -0.4 is 0 Å². The second-order valence-corrected chi connectivity index (χ2v) is 3.25. The van der Waals surface area contributed by atoms with Crippen molar-refractivity contribution in [2.45, 2.75) is 19.8 Å². The number of nitrogens with zero attached hydrogens (tertiary/aromatic N) is 2. The Morgan fingerprint density at radius 3 is 2.40 bits per heavy atom. The summed E-state index contributed by atoms with van der Waals surface area (Å²) in [4.78, 5) is 4.38. The van der Waals surface area contributed by atoms with Crippen molar-refractivity contribution in [1.82, 2.24) is 9.80 Å². The van der Waals surface area contributed by atoms with Gasteiger partial charge in [-0.3, -0.25) is 0 Å². The molecule has 0 bridgehead atoms. The maximum absolute atomic E-state index is 7.62. The minimum absolute atomic E-state index is 0.125. The summed E-state index contributed by atoms with van der Waals surface area (Å²) in [7, 11) is 0. The molecular weight excluding hydrogens is 192 g/mol. The van der Waals surface area contributed by atoms with Gasteiger partial charge in [0, 0.05) is 18.9 Å². The van der Waals surface area contributed by atoms with E-state index in [9.17, 15) is 0 Å². The van der Waals surface area contributed by atoms with E-state index in [0.717, 1.165) is 13.2 Å². The van der Waals surface area contributed by atoms with Crippen LogP contribution in [0.25, 0.3) is 0 Å². The Morgan fingerprint density at radius 2 is 2.00 bits per heavy atom. The normalized spacial score (nSPS) is 13.8. The summed E-state index contributed by atoms with van der Waals surface area (Å²) >= 11 is 0. The minimum atomic E-state index is -0.125. The zero-order valence-corrected chi connectivity index (χ0v) is 9.47. The molecule has 0 aromatic rings. The lowest BCUT2D eigenvalue weighted by atomic mass is 10.3. The molecule has 15 heavy (non-hydrogen) atoms. The molecule has 0 aromatic carbocycles. The molecule has 1 aliphatic rings. The molecule has 2 N–H and O–H groups in total. The summed E-state index contributed by atoms with van der Waals surface area (Å²) in [6.07, 6.45) is 8.57. The van der Waals surface area contributed by atoms with Gasteiger partial charge in [-0.15, -0.1) is 0 Å². The first-order valence-corrected chi connectivity index (χ1v) is 5.30. The van der Waals surface area contributed by atoms with E-state index < -0.39 is 0 Å². The Hall–Kier alpha value is -1.00. The standard InChI is InChI=1S/C9H16N2.C2H6O2/c1-3-5-6-11-8-7-10(4-2)9-11;3-1-2-4/h4,7-8H,2-3,5-6,9H2,1H3;3-4H,1-2H2. The van der Waals surface area contributed by atoms with Crippen molar-refractivity contribution in [3.05, 3.63) is 25.2 Å². The van der Waals surface area contributed by atoms with Gasteiger partial charge < -0.3 is 20.0 Å². The number of aliphatic hydroxyl groups is 2. The lowest BCUT2D eigenvalue weighted by Gasteiger charge is -2.17. The van der Waals surface area contributed by atoms with Gasteiger partial charge in [0.1, 0.15) is 0 Å². The third-order valence-electron chi connectivity index (χ3n) is 1.95. The summed E-state index contributed by atoms with van der Waals surface area (Å²) < 4.78 is 0. The summed E-state index contributed by atoms with van der Waals surface area (Å²) in [6.45, 7) is 7.81. The predicted molar refractivity (Wildman–Crippen MR) is 61.8 cm³/mol. The van der Waals surface area contributed by atoms with Gasteiger partial charge in [-0.05, 0) is 12.6 Å². The van der Waals surface area contributed by atoms with Gasteiger partial charge in [0.05, 0.1) is 19.9 Å². The van der Waals surface area contributed by atoms with Gasteiger partial charge in [0.2, 0.25) is 0 Å². The fourth-order valence-corrected chi connectivity index (χ4v) is 1.11. The van der Waals surface area contributed by atoms with E-state index in [2.05, 4.69) is 35.7 Å². The van der Waals surface area contributed by atoms with Crippen LogP contribution in [-0.2, 0) is 0 Å². The van der Waals surface area contributed by atoms with Gasteiger partial charge in [-0.25, -0.2) is 0 Å². The van der Waals surface area contributed by atoms with Crippen LogP contribution in [0.3, 0.4) is 0 Å². The molecule has 0 amide bonds. The largest absolute Gasteiger partial charge is 0.394 e. The lowest BCUT2D eigenvalue weighted by molar-refractivity contribution is 0.186. The first kappa shape index (κ1) is 14.0. The summed E-state index contributed by atoms with van der Waals surface area (Å²) in [5, 5.41) is 15.2. The fraction of sp³-hybridized carbons (Fsp3) is 0.636. The van der Waals surface area contributed by atoms with Gasteiger partial charge in [-0.1, -0.05) is 19.9 Å². The van der Waals surface area contributed by atoms with Crippen molar-refractivity contribution in [3.63, 3.8) is 0 Å². The van der Waals surface area contributed by atoms with E-state index in [4.69, 9.17) is 10.2 Å². The van der Waals surface area contributed by atoms with Gasteiger partial charge in [0.15, 0.2) is 0 Å². The molecule has 0 fully saturated rings. The SMILES string of the molecule is C=CN1C=CN(CCCC)C1.OCCO.